The van der Waals surface area contributed by atoms with Crippen molar-refractivity contribution in [1.29, 1.82) is 0 Å². The maximum atomic E-state index is 6.91. The number of nitrogens with one attached hydrogen (secondary N) is 1. The molecule has 2 aromatic heterocycles. The predicted octanol–water partition coefficient (Wildman–Crippen LogP) is 11.9. The van der Waals surface area contributed by atoms with Crippen molar-refractivity contribution in [2.45, 2.75) is 31.5 Å². The quantitative estimate of drug-likeness (QED) is 0.174. The minimum absolute atomic E-state index is 0.116. The zero-order chi connectivity index (χ0) is 34.3. The summed E-state index contributed by atoms with van der Waals surface area (Å²) in [4.78, 5) is 0. The first-order valence-corrected chi connectivity index (χ1v) is 17.6. The van der Waals surface area contributed by atoms with Gasteiger partial charge in [0, 0.05) is 27.0 Å². The van der Waals surface area contributed by atoms with Crippen LogP contribution in [0.3, 0.4) is 0 Å². The van der Waals surface area contributed by atoms with Gasteiger partial charge in [-0.3, -0.25) is 5.32 Å². The Morgan fingerprint density at radius 2 is 1.29 bits per heavy atom. The van der Waals surface area contributed by atoms with E-state index in [-0.39, 0.29) is 11.5 Å². The van der Waals surface area contributed by atoms with Crippen molar-refractivity contribution in [3.05, 3.63) is 173 Å². The molecule has 0 aliphatic heterocycles. The molecule has 4 heteroatoms. The zero-order valence-corrected chi connectivity index (χ0v) is 28.5. The predicted molar refractivity (Wildman–Crippen MR) is 211 cm³/mol. The van der Waals surface area contributed by atoms with Gasteiger partial charge < -0.3 is 14.6 Å². The largest absolute Gasteiger partial charge is 0.456 e. The van der Waals surface area contributed by atoms with Crippen LogP contribution >= 0.6 is 0 Å². The van der Waals surface area contributed by atoms with Gasteiger partial charge in [0.25, 0.3) is 0 Å². The first-order valence-electron chi connectivity index (χ1n) is 17.6. The summed E-state index contributed by atoms with van der Waals surface area (Å²) in [7, 11) is 0. The zero-order valence-electron chi connectivity index (χ0n) is 28.5. The maximum absolute atomic E-state index is 6.91. The fourth-order valence-electron chi connectivity index (χ4n) is 8.37. The summed E-state index contributed by atoms with van der Waals surface area (Å²) in [5.41, 5.74) is 18.8. The van der Waals surface area contributed by atoms with Gasteiger partial charge in [0.05, 0.1) is 12.2 Å². The Morgan fingerprint density at radius 3 is 2.16 bits per heavy atom. The normalized spacial score (nSPS) is 15.0. The van der Waals surface area contributed by atoms with Crippen molar-refractivity contribution >= 4 is 60.7 Å². The van der Waals surface area contributed by atoms with Crippen LogP contribution in [0.25, 0.3) is 71.9 Å². The summed E-state index contributed by atoms with van der Waals surface area (Å²) in [5, 5.41) is 10.5. The van der Waals surface area contributed by atoms with E-state index in [9.17, 15) is 0 Å². The average molecular weight is 661 g/mol. The molecule has 1 aliphatic carbocycles. The molecule has 10 rings (SSSR count). The van der Waals surface area contributed by atoms with Gasteiger partial charge in [0.1, 0.15) is 22.3 Å². The van der Waals surface area contributed by atoms with Crippen LogP contribution in [0.5, 0.6) is 0 Å². The number of hydrogen-bond donors (Lipinski definition) is 2. The number of rotatable bonds is 6. The molecule has 0 radical (unpaired) electrons. The first kappa shape index (κ1) is 29.9. The van der Waals surface area contributed by atoms with E-state index in [2.05, 4.69) is 128 Å². The molecule has 0 saturated heterocycles. The number of hydrogen-bond acceptors (Lipinski definition) is 4. The molecule has 9 aromatic rings. The van der Waals surface area contributed by atoms with E-state index in [1.54, 1.807) is 0 Å². The lowest BCUT2D eigenvalue weighted by molar-refractivity contribution is 0.511. The van der Waals surface area contributed by atoms with Gasteiger partial charge in [-0.1, -0.05) is 129 Å². The minimum Gasteiger partial charge on any atom is -0.456 e. The molecular weight excluding hydrogens is 625 g/mol. The monoisotopic (exact) mass is 660 g/mol. The second-order valence-corrected chi connectivity index (χ2v) is 14.3. The summed E-state index contributed by atoms with van der Waals surface area (Å²) in [6.45, 7) is 4.68. The molecule has 0 saturated carbocycles. The Morgan fingerprint density at radius 1 is 0.608 bits per heavy atom. The molecule has 2 heterocycles. The Hall–Kier alpha value is -5.94. The van der Waals surface area contributed by atoms with Crippen LogP contribution in [0.15, 0.2) is 154 Å². The van der Waals surface area contributed by atoms with E-state index in [0.717, 1.165) is 55.0 Å². The Bertz CT molecular complexity index is 2840. The minimum atomic E-state index is -0.399. The number of furan rings is 2. The number of para-hydroxylation sites is 1. The van der Waals surface area contributed by atoms with Crippen LogP contribution in [0.4, 0.5) is 0 Å². The van der Waals surface area contributed by atoms with Crippen LogP contribution in [0.2, 0.25) is 0 Å². The van der Waals surface area contributed by atoms with E-state index in [1.807, 2.05) is 42.5 Å². The van der Waals surface area contributed by atoms with Gasteiger partial charge in [-0.2, -0.15) is 0 Å². The van der Waals surface area contributed by atoms with Crippen LogP contribution in [0, 0.1) is 0 Å². The molecule has 2 atom stereocenters. The van der Waals surface area contributed by atoms with Gasteiger partial charge in [-0.05, 0) is 86.1 Å². The van der Waals surface area contributed by atoms with Gasteiger partial charge in [-0.25, -0.2) is 0 Å². The van der Waals surface area contributed by atoms with E-state index in [4.69, 9.17) is 14.6 Å². The fourth-order valence-corrected chi connectivity index (χ4v) is 8.37. The van der Waals surface area contributed by atoms with Crippen LogP contribution in [-0.2, 0) is 5.41 Å². The molecule has 0 bridgehead atoms. The third-order valence-electron chi connectivity index (χ3n) is 10.9. The summed E-state index contributed by atoms with van der Waals surface area (Å²) in [6.07, 6.45) is 4.13. The average Bonchev–Trinajstić information content (AvgIpc) is 3.79. The molecule has 3 N–H and O–H groups in total. The van der Waals surface area contributed by atoms with Crippen LogP contribution < -0.4 is 11.1 Å². The van der Waals surface area contributed by atoms with Gasteiger partial charge in [0.2, 0.25) is 0 Å². The first-order chi connectivity index (χ1) is 24.9. The highest BCUT2D eigenvalue weighted by atomic mass is 16.3. The van der Waals surface area contributed by atoms with E-state index in [0.29, 0.717) is 0 Å². The van der Waals surface area contributed by atoms with E-state index in [1.165, 1.54) is 38.6 Å². The second kappa shape index (κ2) is 11.3. The molecule has 51 heavy (non-hydrogen) atoms. The molecule has 0 fully saturated rings. The Balaban J connectivity index is 1.15. The van der Waals surface area contributed by atoms with Crippen molar-refractivity contribution in [2.24, 2.45) is 5.73 Å². The summed E-state index contributed by atoms with van der Waals surface area (Å²) < 4.78 is 12.9. The van der Waals surface area contributed by atoms with Crippen molar-refractivity contribution in [3.8, 4) is 11.1 Å². The number of benzene rings is 7. The molecule has 0 spiro atoms. The maximum Gasteiger partial charge on any atom is 0.136 e. The standard InChI is InChI=1S/C47H36N2O2/c1-47(2)37-19-10-16-28(44(37)35-24-30-14-6-7-15-31(30)25-38(35)47)22-23-39(49-46(48)29-12-4-3-5-13-29)33-18-11-21-41-45(33)36-27-42-34(26-43(36)51-41)32-17-8-9-20-40(32)50-42/h3-27,39,46,49H,48H2,1-2H3/b23-22+. The molecule has 2 unspecified atom stereocenters. The molecule has 4 nitrogen and oxygen atoms in total. The highest BCUT2D eigenvalue weighted by Crippen LogP contribution is 2.51. The highest BCUT2D eigenvalue weighted by Gasteiger charge is 2.36. The smallest absolute Gasteiger partial charge is 0.136 e. The summed E-state index contributed by atoms with van der Waals surface area (Å²) in [5.74, 6) is 0. The van der Waals surface area contributed by atoms with Gasteiger partial charge in [-0.15, -0.1) is 0 Å². The highest BCUT2D eigenvalue weighted by molar-refractivity contribution is 6.15. The lowest BCUT2D eigenvalue weighted by Gasteiger charge is -2.23. The lowest BCUT2D eigenvalue weighted by Crippen LogP contribution is -2.31. The Labute approximate surface area is 295 Å². The van der Waals surface area contributed by atoms with E-state index >= 15 is 0 Å². The van der Waals surface area contributed by atoms with Crippen LogP contribution in [0.1, 0.15) is 53.9 Å². The molecule has 0 amide bonds. The molecular formula is C47H36N2O2. The third-order valence-corrected chi connectivity index (χ3v) is 10.9. The molecule has 246 valence electrons. The molecule has 1 aliphatic rings. The van der Waals surface area contributed by atoms with Crippen molar-refractivity contribution in [3.63, 3.8) is 0 Å². The topological polar surface area (TPSA) is 64.3 Å². The lowest BCUT2D eigenvalue weighted by atomic mass is 9.81. The van der Waals surface area contributed by atoms with Crippen LogP contribution in [-0.4, -0.2) is 0 Å². The van der Waals surface area contributed by atoms with Crippen molar-refractivity contribution in [1.82, 2.24) is 5.32 Å². The third kappa shape index (κ3) is 4.68. The summed E-state index contributed by atoms with van der Waals surface area (Å²) in [6, 6.07) is 48.8. The van der Waals surface area contributed by atoms with Gasteiger partial charge >= 0.3 is 0 Å². The Kier molecular flexibility index (Phi) is 6.63. The van der Waals surface area contributed by atoms with E-state index < -0.39 is 6.17 Å². The van der Waals surface area contributed by atoms with Crippen molar-refractivity contribution < 1.29 is 8.83 Å². The molecule has 7 aromatic carbocycles. The number of fused-ring (bicyclic) bond motifs is 10. The summed E-state index contributed by atoms with van der Waals surface area (Å²) >= 11 is 0. The van der Waals surface area contributed by atoms with Gasteiger partial charge in [0.15, 0.2) is 0 Å². The second-order valence-electron chi connectivity index (χ2n) is 14.3. The SMILES string of the molecule is CC1(C)c2cc3ccccc3cc2-c2c(/C=C/C(NC(N)c3ccccc3)c3cccc4oc5cc6c(cc5c34)oc3ccccc36)cccc21. The number of nitrogens with two attached hydrogens (primary N) is 1. The fraction of sp³-hybridized carbons (Fsp3) is 0.106. The van der Waals surface area contributed by atoms with Crippen molar-refractivity contribution in [2.75, 3.05) is 0 Å².